The van der Waals surface area contributed by atoms with E-state index in [4.69, 9.17) is 0 Å². The van der Waals surface area contributed by atoms with E-state index >= 15 is 4.39 Å². The zero-order valence-corrected chi connectivity index (χ0v) is 34.2. The van der Waals surface area contributed by atoms with Crippen molar-refractivity contribution in [2.24, 2.45) is 0 Å². The smallest absolute Gasteiger partial charge is 0.245 e. The predicted molar refractivity (Wildman–Crippen MR) is 233 cm³/mol. The highest BCUT2D eigenvalue weighted by Crippen LogP contribution is 2.55. The van der Waals surface area contributed by atoms with Crippen LogP contribution in [0.4, 0.5) is 17.6 Å². The third kappa shape index (κ3) is 5.24. The summed E-state index contributed by atoms with van der Waals surface area (Å²) in [7, 11) is 0. The molecule has 61 heavy (non-hydrogen) atoms. The van der Waals surface area contributed by atoms with Crippen molar-refractivity contribution in [3.05, 3.63) is 254 Å². The van der Waals surface area contributed by atoms with Crippen LogP contribution in [0.1, 0.15) is 118 Å². The van der Waals surface area contributed by atoms with Crippen LogP contribution in [-0.2, 0) is 22.5 Å². The number of halogens is 4. The number of alkyl halides is 3. The topological polar surface area (TPSA) is 17.8 Å². The average molecular weight is 807 g/mol. The van der Waals surface area contributed by atoms with Crippen LogP contribution in [0.3, 0.4) is 0 Å². The Labute approximate surface area is 353 Å². The number of hydrogen-bond donors (Lipinski definition) is 0. The van der Waals surface area contributed by atoms with Gasteiger partial charge in [-0.15, -0.1) is 0 Å². The molecule has 8 aromatic rings. The van der Waals surface area contributed by atoms with E-state index in [1.54, 1.807) is 6.07 Å². The highest BCUT2D eigenvalue weighted by Gasteiger charge is 2.50. The molecule has 300 valence electrons. The fourth-order valence-electron chi connectivity index (χ4n) is 11.3. The van der Waals surface area contributed by atoms with Crippen LogP contribution in [0.2, 0.25) is 0 Å². The molecule has 0 saturated carbocycles. The molecule has 0 fully saturated rings. The molecule has 1 aromatic heterocycles. The van der Waals surface area contributed by atoms with E-state index in [1.807, 2.05) is 24.3 Å². The molecule has 0 amide bonds. The van der Waals surface area contributed by atoms with Crippen molar-refractivity contribution in [1.82, 2.24) is 9.78 Å². The second kappa shape index (κ2) is 13.0. The molecule has 11 rings (SSSR count). The van der Waals surface area contributed by atoms with Crippen molar-refractivity contribution in [2.45, 2.75) is 62.1 Å². The molecule has 2 aliphatic carbocycles. The lowest BCUT2D eigenvalue weighted by atomic mass is 9.63. The molecule has 2 heterocycles. The molecule has 3 aliphatic rings. The zero-order valence-electron chi connectivity index (χ0n) is 34.2. The van der Waals surface area contributed by atoms with Gasteiger partial charge in [0.2, 0.25) is 0 Å². The molecular formula is C55H42F4N2. The third-order valence-corrected chi connectivity index (χ3v) is 14.1. The Hall–Kier alpha value is -6.53. The average Bonchev–Trinajstić information content (AvgIpc) is 3.82. The fraction of sp³-hybridized carbons (Fsp3) is 0.182. The van der Waals surface area contributed by atoms with E-state index < -0.39 is 23.2 Å². The van der Waals surface area contributed by atoms with E-state index in [9.17, 15) is 13.2 Å². The Kier molecular flexibility index (Phi) is 7.98. The lowest BCUT2D eigenvalue weighted by Gasteiger charge is -2.40. The summed E-state index contributed by atoms with van der Waals surface area (Å²) >= 11 is 0. The predicted octanol–water partition coefficient (Wildman–Crippen LogP) is 13.5. The SMILES string of the molecule is CC1(C)c2ccccc2C(c2ccc(C3(c4ccc(C5c6ccccc6C(C)(C)c6ccccc65)cc4)c4cc(F)ccc4-c4cc(C(F)(F)F)nn43)cc2)c2ccccc21. The first kappa shape index (κ1) is 37.5. The third-order valence-electron chi connectivity index (χ3n) is 14.1. The Bertz CT molecular complexity index is 2790. The lowest BCUT2D eigenvalue weighted by Crippen LogP contribution is -2.36. The summed E-state index contributed by atoms with van der Waals surface area (Å²) in [6, 6.07) is 56.1. The Morgan fingerprint density at radius 2 is 0.869 bits per heavy atom. The molecule has 0 saturated heterocycles. The first-order chi connectivity index (χ1) is 29.3. The lowest BCUT2D eigenvalue weighted by molar-refractivity contribution is -0.141. The monoisotopic (exact) mass is 806 g/mol. The summed E-state index contributed by atoms with van der Waals surface area (Å²) in [6.07, 6.45) is -4.69. The first-order valence-electron chi connectivity index (χ1n) is 20.9. The number of aromatic nitrogens is 2. The van der Waals surface area contributed by atoms with E-state index in [-0.39, 0.29) is 28.4 Å². The standard InChI is InChI=1S/C55H42F4N2/c1-52(2)43-17-9-5-13-39(43)50(40-14-6-10-18-44(40)52)33-21-25-35(26-22-33)54(47-31-37(56)29-30-38(47)48-32-49(55(57,58)59)60-61(48)54)36-27-23-34(24-28-36)51-41-15-7-11-19-45(41)53(3,4)46-20-12-8-16-42(46)51/h5-32,50-51H,1-4H3. The van der Waals surface area contributed by atoms with Gasteiger partial charge in [-0.05, 0) is 91.0 Å². The minimum Gasteiger partial charge on any atom is -0.245 e. The summed E-state index contributed by atoms with van der Waals surface area (Å²) in [5.41, 5.74) is 11.9. The van der Waals surface area contributed by atoms with Gasteiger partial charge in [-0.1, -0.05) is 173 Å². The number of rotatable bonds is 4. The van der Waals surface area contributed by atoms with Crippen molar-refractivity contribution in [2.75, 3.05) is 0 Å². The minimum absolute atomic E-state index is 0.0682. The number of fused-ring (bicyclic) bond motifs is 7. The molecule has 0 radical (unpaired) electrons. The number of benzene rings is 7. The van der Waals surface area contributed by atoms with Crippen LogP contribution in [0, 0.1) is 5.82 Å². The van der Waals surface area contributed by atoms with Gasteiger partial charge in [-0.25, -0.2) is 9.07 Å². The maximum absolute atomic E-state index is 15.6. The summed E-state index contributed by atoms with van der Waals surface area (Å²) in [6.45, 7) is 9.05. The van der Waals surface area contributed by atoms with E-state index in [0.717, 1.165) is 17.2 Å². The van der Waals surface area contributed by atoms with Crippen LogP contribution < -0.4 is 0 Å². The zero-order chi connectivity index (χ0) is 42.1. The van der Waals surface area contributed by atoms with Gasteiger partial charge in [0.1, 0.15) is 11.4 Å². The highest BCUT2D eigenvalue weighted by molar-refractivity contribution is 5.77. The molecule has 0 atom stereocenters. The molecule has 0 bridgehead atoms. The van der Waals surface area contributed by atoms with Gasteiger partial charge in [0.25, 0.3) is 0 Å². The summed E-state index contributed by atoms with van der Waals surface area (Å²) in [4.78, 5) is 0. The van der Waals surface area contributed by atoms with Crippen LogP contribution in [0.5, 0.6) is 0 Å². The largest absolute Gasteiger partial charge is 0.435 e. The van der Waals surface area contributed by atoms with Gasteiger partial charge in [0, 0.05) is 33.8 Å². The molecule has 6 heteroatoms. The van der Waals surface area contributed by atoms with Crippen molar-refractivity contribution in [3.8, 4) is 11.3 Å². The van der Waals surface area contributed by atoms with E-state index in [1.165, 1.54) is 61.3 Å². The maximum atomic E-state index is 15.6. The van der Waals surface area contributed by atoms with Crippen molar-refractivity contribution < 1.29 is 17.6 Å². The Morgan fingerprint density at radius 3 is 1.26 bits per heavy atom. The molecule has 0 spiro atoms. The second-order valence-electron chi connectivity index (χ2n) is 17.9. The normalized spacial score (nSPS) is 16.8. The molecule has 1 aliphatic heterocycles. The quantitative estimate of drug-likeness (QED) is 0.162. The van der Waals surface area contributed by atoms with Crippen LogP contribution in [0.15, 0.2) is 170 Å². The summed E-state index contributed by atoms with van der Waals surface area (Å²) in [5.74, 6) is -0.614. The van der Waals surface area contributed by atoms with Crippen molar-refractivity contribution in [3.63, 3.8) is 0 Å². The van der Waals surface area contributed by atoms with Gasteiger partial charge in [-0.3, -0.25) is 0 Å². The number of nitrogens with zero attached hydrogens (tertiary/aromatic N) is 2. The van der Waals surface area contributed by atoms with Gasteiger partial charge in [-0.2, -0.15) is 18.3 Å². The van der Waals surface area contributed by atoms with E-state index in [2.05, 4.69) is 154 Å². The molecular weight excluding hydrogens is 765 g/mol. The van der Waals surface area contributed by atoms with Gasteiger partial charge >= 0.3 is 6.18 Å². The maximum Gasteiger partial charge on any atom is 0.435 e. The fourth-order valence-corrected chi connectivity index (χ4v) is 11.3. The van der Waals surface area contributed by atoms with Crippen LogP contribution in [0.25, 0.3) is 11.3 Å². The van der Waals surface area contributed by atoms with Crippen LogP contribution in [-0.4, -0.2) is 9.78 Å². The van der Waals surface area contributed by atoms with E-state index in [0.29, 0.717) is 22.3 Å². The second-order valence-corrected chi connectivity index (χ2v) is 17.9. The molecule has 0 N–H and O–H groups in total. The van der Waals surface area contributed by atoms with Crippen molar-refractivity contribution in [1.29, 1.82) is 0 Å². The van der Waals surface area contributed by atoms with Gasteiger partial charge in [0.05, 0.1) is 5.69 Å². The summed E-state index contributed by atoms with van der Waals surface area (Å²) in [5, 5.41) is 4.36. The van der Waals surface area contributed by atoms with Crippen LogP contribution >= 0.6 is 0 Å². The Balaban J connectivity index is 1.12. The first-order valence-corrected chi connectivity index (χ1v) is 20.9. The Morgan fingerprint density at radius 1 is 0.475 bits per heavy atom. The minimum atomic E-state index is -4.69. The number of hydrogen-bond acceptors (Lipinski definition) is 1. The highest BCUT2D eigenvalue weighted by atomic mass is 19.4. The van der Waals surface area contributed by atoms with Gasteiger partial charge < -0.3 is 0 Å². The van der Waals surface area contributed by atoms with Gasteiger partial charge in [0.15, 0.2) is 5.69 Å². The van der Waals surface area contributed by atoms with Crippen molar-refractivity contribution >= 4 is 0 Å². The molecule has 7 aromatic carbocycles. The molecule has 2 nitrogen and oxygen atoms in total. The molecule has 0 unspecified atom stereocenters. The summed E-state index contributed by atoms with van der Waals surface area (Å²) < 4.78 is 60.9.